The number of furan rings is 1. The first-order chi connectivity index (χ1) is 13.9. The van der Waals surface area contributed by atoms with Crippen molar-refractivity contribution in [2.75, 3.05) is 19.0 Å². The number of anilines is 1. The van der Waals surface area contributed by atoms with Gasteiger partial charge in [-0.15, -0.1) is 0 Å². The Labute approximate surface area is 167 Å². The van der Waals surface area contributed by atoms with E-state index in [0.29, 0.717) is 34.6 Å². The van der Waals surface area contributed by atoms with Crippen LogP contribution in [0.3, 0.4) is 0 Å². The van der Waals surface area contributed by atoms with E-state index in [9.17, 15) is 14.4 Å². The lowest BCUT2D eigenvalue weighted by Crippen LogP contribution is -2.15. The lowest BCUT2D eigenvalue weighted by Gasteiger charge is -2.06. The van der Waals surface area contributed by atoms with Crippen molar-refractivity contribution in [1.82, 2.24) is 0 Å². The summed E-state index contributed by atoms with van der Waals surface area (Å²) in [5.41, 5.74) is 2.12. The van der Waals surface area contributed by atoms with Gasteiger partial charge in [0.2, 0.25) is 11.7 Å². The molecule has 2 aromatic carbocycles. The molecule has 0 atom stereocenters. The highest BCUT2D eigenvalue weighted by molar-refractivity contribution is 6.01. The molecule has 0 fully saturated rings. The van der Waals surface area contributed by atoms with Crippen molar-refractivity contribution < 1.29 is 28.3 Å². The number of amides is 1. The number of hydrogen-bond donors (Lipinski definition) is 1. The van der Waals surface area contributed by atoms with Gasteiger partial charge < -0.3 is 19.2 Å². The van der Waals surface area contributed by atoms with Crippen molar-refractivity contribution in [2.45, 2.75) is 20.3 Å². The first-order valence-corrected chi connectivity index (χ1v) is 9.10. The van der Waals surface area contributed by atoms with Gasteiger partial charge in [-0.25, -0.2) is 4.79 Å². The van der Waals surface area contributed by atoms with Gasteiger partial charge in [0.25, 0.3) is 0 Å². The van der Waals surface area contributed by atoms with Gasteiger partial charge >= 0.3 is 5.97 Å². The van der Waals surface area contributed by atoms with Crippen LogP contribution in [0.5, 0.6) is 5.75 Å². The molecule has 7 heteroatoms. The summed E-state index contributed by atoms with van der Waals surface area (Å²) in [6.45, 7) is 3.08. The predicted molar refractivity (Wildman–Crippen MR) is 107 cm³/mol. The van der Waals surface area contributed by atoms with Crippen molar-refractivity contribution in [3.05, 3.63) is 59.4 Å². The van der Waals surface area contributed by atoms with E-state index in [1.165, 1.54) is 0 Å². The Bertz CT molecular complexity index is 1060. The number of esters is 1. The van der Waals surface area contributed by atoms with E-state index < -0.39 is 12.6 Å². The van der Waals surface area contributed by atoms with E-state index >= 15 is 0 Å². The summed E-state index contributed by atoms with van der Waals surface area (Å²) >= 11 is 0. The molecule has 1 amide bonds. The minimum Gasteiger partial charge on any atom is -0.497 e. The lowest BCUT2D eigenvalue weighted by molar-refractivity contribution is -0.115. The maximum absolute atomic E-state index is 12.4. The summed E-state index contributed by atoms with van der Waals surface area (Å²) in [6, 6.07) is 11.6. The first-order valence-electron chi connectivity index (χ1n) is 9.10. The third-order valence-corrected chi connectivity index (χ3v) is 4.47. The van der Waals surface area contributed by atoms with E-state index in [0.717, 1.165) is 5.39 Å². The maximum Gasteiger partial charge on any atom is 0.375 e. The minimum atomic E-state index is -0.710. The molecule has 3 rings (SSSR count). The summed E-state index contributed by atoms with van der Waals surface area (Å²) in [6.07, 6.45) is 0.366. The quantitative estimate of drug-likeness (QED) is 0.477. The molecular weight excluding hydrogens is 374 g/mol. The van der Waals surface area contributed by atoms with E-state index in [-0.39, 0.29) is 17.5 Å². The number of nitrogens with one attached hydrogen (secondary N) is 1. The standard InChI is InChI=1S/C22H21NO6/c1-4-20(25)23-15-7-5-14(6-8-15)18(24)12-28-22(26)21-13(2)17-11-16(27-3)9-10-19(17)29-21/h5-11H,4,12H2,1-3H3,(H,23,25). The van der Waals surface area contributed by atoms with Crippen LogP contribution in [-0.4, -0.2) is 31.4 Å². The highest BCUT2D eigenvalue weighted by Crippen LogP contribution is 2.29. The number of rotatable bonds is 7. The van der Waals surface area contributed by atoms with Crippen LogP contribution in [0.4, 0.5) is 5.69 Å². The second kappa shape index (κ2) is 8.60. The number of benzene rings is 2. The molecular formula is C22H21NO6. The largest absolute Gasteiger partial charge is 0.497 e. The Balaban J connectivity index is 1.66. The molecule has 7 nitrogen and oxygen atoms in total. The molecule has 1 aromatic heterocycles. The number of fused-ring (bicyclic) bond motifs is 1. The second-order valence-electron chi connectivity index (χ2n) is 6.40. The van der Waals surface area contributed by atoms with E-state index in [1.54, 1.807) is 63.4 Å². The van der Waals surface area contributed by atoms with Crippen LogP contribution in [0.25, 0.3) is 11.0 Å². The topological polar surface area (TPSA) is 94.8 Å². The Morgan fingerprint density at radius 1 is 1.07 bits per heavy atom. The zero-order chi connectivity index (χ0) is 21.0. The maximum atomic E-state index is 12.4. The fraction of sp³-hybridized carbons (Fsp3) is 0.227. The van der Waals surface area contributed by atoms with Crippen molar-refractivity contribution in [2.24, 2.45) is 0 Å². The van der Waals surface area contributed by atoms with E-state index in [4.69, 9.17) is 13.9 Å². The van der Waals surface area contributed by atoms with Gasteiger partial charge in [0.15, 0.2) is 12.4 Å². The number of carbonyl (C=O) groups excluding carboxylic acids is 3. The SMILES string of the molecule is CCC(=O)Nc1ccc(C(=O)COC(=O)c2oc3ccc(OC)cc3c2C)cc1. The van der Waals surface area contributed by atoms with Crippen molar-refractivity contribution in [3.63, 3.8) is 0 Å². The molecule has 0 aliphatic heterocycles. The average molecular weight is 395 g/mol. The summed E-state index contributed by atoms with van der Waals surface area (Å²) in [5.74, 6) is -0.481. The molecule has 0 bridgehead atoms. The molecule has 0 unspecified atom stereocenters. The van der Waals surface area contributed by atoms with Crippen molar-refractivity contribution in [3.8, 4) is 5.75 Å². The van der Waals surface area contributed by atoms with Gasteiger partial charge in [-0.3, -0.25) is 9.59 Å². The predicted octanol–water partition coefficient (Wildman–Crippen LogP) is 4.14. The highest BCUT2D eigenvalue weighted by atomic mass is 16.5. The number of Topliss-reactive ketones (excluding diaryl/α,β-unsaturated/α-hetero) is 1. The number of carbonyl (C=O) groups is 3. The molecule has 3 aromatic rings. The second-order valence-corrected chi connectivity index (χ2v) is 6.40. The number of methoxy groups -OCH3 is 1. The zero-order valence-electron chi connectivity index (χ0n) is 16.4. The molecule has 0 aliphatic rings. The summed E-state index contributed by atoms with van der Waals surface area (Å²) in [4.78, 5) is 36.1. The smallest absolute Gasteiger partial charge is 0.375 e. The highest BCUT2D eigenvalue weighted by Gasteiger charge is 2.20. The molecule has 0 saturated carbocycles. The molecule has 0 saturated heterocycles. The average Bonchev–Trinajstić information content (AvgIpc) is 3.08. The number of aryl methyl sites for hydroxylation is 1. The summed E-state index contributed by atoms with van der Waals surface area (Å²) < 4.78 is 15.9. The van der Waals surface area contributed by atoms with Gasteiger partial charge in [-0.1, -0.05) is 6.92 Å². The number of ketones is 1. The van der Waals surface area contributed by atoms with Gasteiger partial charge in [0.1, 0.15) is 11.3 Å². The third-order valence-electron chi connectivity index (χ3n) is 4.47. The Morgan fingerprint density at radius 3 is 2.45 bits per heavy atom. The monoisotopic (exact) mass is 395 g/mol. The van der Waals surface area contributed by atoms with Crippen LogP contribution in [0.15, 0.2) is 46.9 Å². The van der Waals surface area contributed by atoms with Gasteiger partial charge in [0.05, 0.1) is 7.11 Å². The van der Waals surface area contributed by atoms with Crippen LogP contribution >= 0.6 is 0 Å². The number of hydrogen-bond acceptors (Lipinski definition) is 6. The van der Waals surface area contributed by atoms with Crippen molar-refractivity contribution in [1.29, 1.82) is 0 Å². The van der Waals surface area contributed by atoms with Gasteiger partial charge in [-0.2, -0.15) is 0 Å². The summed E-state index contributed by atoms with van der Waals surface area (Å²) in [7, 11) is 1.56. The zero-order valence-corrected chi connectivity index (χ0v) is 16.4. The Kier molecular flexibility index (Phi) is 5.97. The Hall–Kier alpha value is -3.61. The summed E-state index contributed by atoms with van der Waals surface area (Å²) in [5, 5.41) is 3.44. The molecule has 29 heavy (non-hydrogen) atoms. The third kappa shape index (κ3) is 4.45. The van der Waals surface area contributed by atoms with E-state index in [2.05, 4.69) is 5.32 Å². The first kappa shape index (κ1) is 20.1. The van der Waals surface area contributed by atoms with Crippen molar-refractivity contribution >= 4 is 34.3 Å². The fourth-order valence-corrected chi connectivity index (χ4v) is 2.79. The number of ether oxygens (including phenoxy) is 2. The van der Waals surface area contributed by atoms with E-state index in [1.807, 2.05) is 0 Å². The molecule has 0 aliphatic carbocycles. The van der Waals surface area contributed by atoms with Gasteiger partial charge in [0, 0.05) is 28.6 Å². The molecule has 150 valence electrons. The van der Waals surface area contributed by atoms with Gasteiger partial charge in [-0.05, 0) is 49.4 Å². The Morgan fingerprint density at radius 2 is 1.79 bits per heavy atom. The molecule has 1 N–H and O–H groups in total. The minimum absolute atomic E-state index is 0.0543. The fourth-order valence-electron chi connectivity index (χ4n) is 2.79. The molecule has 1 heterocycles. The van der Waals surface area contributed by atoms with Crippen LogP contribution in [-0.2, 0) is 9.53 Å². The molecule has 0 radical (unpaired) electrons. The van der Waals surface area contributed by atoms with Crippen LogP contribution in [0.2, 0.25) is 0 Å². The van der Waals surface area contributed by atoms with Crippen LogP contribution in [0, 0.1) is 6.92 Å². The molecule has 0 spiro atoms. The lowest BCUT2D eigenvalue weighted by atomic mass is 10.1. The van der Waals surface area contributed by atoms with Crippen LogP contribution < -0.4 is 10.1 Å². The van der Waals surface area contributed by atoms with Crippen LogP contribution in [0.1, 0.15) is 39.8 Å². The normalized spacial score (nSPS) is 10.6.